The molecule has 3 nitrogen and oxygen atoms in total. The van der Waals surface area contributed by atoms with Gasteiger partial charge >= 0.3 is 8.24 Å². The summed E-state index contributed by atoms with van der Waals surface area (Å²) in [5.74, 6) is 0.638. The lowest BCUT2D eigenvalue weighted by atomic mass is 9.77. The molecule has 2 unspecified atom stereocenters. The SMILES string of the molecule is CCC1CC(C)(C)C(Op2oc3ccccc3c3ccccc3o2)C1(C)C. The van der Waals surface area contributed by atoms with Gasteiger partial charge in [-0.15, -0.1) is 0 Å². The molecule has 0 aliphatic heterocycles. The zero-order valence-corrected chi connectivity index (χ0v) is 17.8. The second-order valence-electron chi connectivity index (χ2n) is 9.00. The van der Waals surface area contributed by atoms with Gasteiger partial charge in [0.15, 0.2) is 0 Å². The summed E-state index contributed by atoms with van der Waals surface area (Å²) in [5.41, 5.74) is 1.83. The summed E-state index contributed by atoms with van der Waals surface area (Å²) >= 11 is 0. The van der Waals surface area contributed by atoms with Crippen molar-refractivity contribution in [3.8, 4) is 0 Å². The summed E-state index contributed by atoms with van der Waals surface area (Å²) in [6.45, 7) is 11.6. The number of benzene rings is 2. The fourth-order valence-corrected chi connectivity index (χ4v) is 6.51. The van der Waals surface area contributed by atoms with Crippen molar-refractivity contribution >= 4 is 30.2 Å². The zero-order chi connectivity index (χ0) is 19.2. The molecule has 27 heavy (non-hydrogen) atoms. The molecule has 3 aromatic rings. The predicted molar refractivity (Wildman–Crippen MR) is 113 cm³/mol. The molecule has 1 aliphatic rings. The van der Waals surface area contributed by atoms with E-state index in [9.17, 15) is 0 Å². The van der Waals surface area contributed by atoms with E-state index in [-0.39, 0.29) is 16.9 Å². The number of hydrogen-bond donors (Lipinski definition) is 0. The van der Waals surface area contributed by atoms with Crippen LogP contribution < -0.4 is 4.52 Å². The van der Waals surface area contributed by atoms with Crippen molar-refractivity contribution in [1.82, 2.24) is 0 Å². The lowest BCUT2D eigenvalue weighted by Crippen LogP contribution is -2.39. The Morgan fingerprint density at radius 2 is 1.44 bits per heavy atom. The van der Waals surface area contributed by atoms with Gasteiger partial charge < -0.3 is 8.39 Å². The molecule has 2 aromatic carbocycles. The molecule has 0 saturated heterocycles. The van der Waals surface area contributed by atoms with Crippen LogP contribution in [0.2, 0.25) is 0 Å². The minimum Gasteiger partial charge on any atom is -0.399 e. The zero-order valence-electron chi connectivity index (χ0n) is 16.9. The average molecular weight is 384 g/mol. The van der Waals surface area contributed by atoms with Crippen LogP contribution in [-0.2, 0) is 0 Å². The first-order valence-corrected chi connectivity index (χ1v) is 10.9. The van der Waals surface area contributed by atoms with Gasteiger partial charge in [-0.2, -0.15) is 0 Å². The van der Waals surface area contributed by atoms with E-state index in [0.29, 0.717) is 5.92 Å². The average Bonchev–Trinajstić information content (AvgIpc) is 2.75. The van der Waals surface area contributed by atoms with Crippen LogP contribution in [-0.4, -0.2) is 6.10 Å². The molecule has 0 spiro atoms. The van der Waals surface area contributed by atoms with E-state index in [2.05, 4.69) is 46.8 Å². The number of fused-ring (bicyclic) bond motifs is 3. The number of rotatable bonds is 3. The lowest BCUT2D eigenvalue weighted by molar-refractivity contribution is 0.0524. The first kappa shape index (κ1) is 18.7. The standard InChI is InChI=1S/C23H29O3P/c1-6-16-15-22(2,3)21(23(16,4)5)26-27-24-19-13-9-7-11-17(19)18-12-8-10-14-20(18)25-27/h7-14,16,21H,6,15H2,1-5H3. The third kappa shape index (κ3) is 3.22. The van der Waals surface area contributed by atoms with Crippen LogP contribution in [0.4, 0.5) is 0 Å². The minimum absolute atomic E-state index is 0.0819. The topological polar surface area (TPSA) is 35.5 Å². The van der Waals surface area contributed by atoms with E-state index < -0.39 is 8.24 Å². The van der Waals surface area contributed by atoms with Crippen molar-refractivity contribution in [1.29, 1.82) is 0 Å². The molecule has 2 atom stereocenters. The molecule has 1 saturated carbocycles. The molecule has 0 N–H and O–H groups in total. The molecular weight excluding hydrogens is 355 g/mol. The highest BCUT2D eigenvalue weighted by atomic mass is 31.1. The number of para-hydroxylation sites is 2. The van der Waals surface area contributed by atoms with Gasteiger partial charge in [0.05, 0.1) is 6.10 Å². The van der Waals surface area contributed by atoms with Gasteiger partial charge in [0.1, 0.15) is 11.2 Å². The van der Waals surface area contributed by atoms with E-state index in [0.717, 1.165) is 28.4 Å². The Morgan fingerprint density at radius 3 is 1.93 bits per heavy atom. The van der Waals surface area contributed by atoms with Crippen molar-refractivity contribution in [2.24, 2.45) is 16.7 Å². The Hall–Kier alpha value is -1.70. The van der Waals surface area contributed by atoms with Crippen molar-refractivity contribution in [2.45, 2.75) is 53.6 Å². The summed E-state index contributed by atoms with van der Waals surface area (Å²) in [5, 5.41) is 2.11. The van der Waals surface area contributed by atoms with Gasteiger partial charge in [-0.1, -0.05) is 77.4 Å². The third-order valence-corrected chi connectivity index (χ3v) is 7.38. The van der Waals surface area contributed by atoms with E-state index >= 15 is 0 Å². The molecule has 1 heterocycles. The highest BCUT2D eigenvalue weighted by Gasteiger charge is 2.54. The highest BCUT2D eigenvalue weighted by molar-refractivity contribution is 7.31. The van der Waals surface area contributed by atoms with E-state index in [1.165, 1.54) is 6.42 Å². The van der Waals surface area contributed by atoms with Crippen molar-refractivity contribution in [3.63, 3.8) is 0 Å². The van der Waals surface area contributed by atoms with Crippen LogP contribution >= 0.6 is 8.24 Å². The third-order valence-electron chi connectivity index (χ3n) is 6.30. The molecule has 0 radical (unpaired) electrons. The second-order valence-corrected chi connectivity index (χ2v) is 10.0. The Morgan fingerprint density at radius 1 is 0.926 bits per heavy atom. The van der Waals surface area contributed by atoms with Gasteiger partial charge in [-0.3, -0.25) is 4.52 Å². The molecule has 144 valence electrons. The van der Waals surface area contributed by atoms with Gasteiger partial charge in [0.25, 0.3) is 0 Å². The molecule has 4 heteroatoms. The quantitative estimate of drug-likeness (QED) is 0.467. The Balaban J connectivity index is 1.87. The van der Waals surface area contributed by atoms with Gasteiger partial charge in [0, 0.05) is 10.8 Å². The lowest BCUT2D eigenvalue weighted by Gasteiger charge is -2.35. The van der Waals surface area contributed by atoms with E-state index in [1.807, 2.05) is 36.4 Å². The molecule has 0 bridgehead atoms. The van der Waals surface area contributed by atoms with Crippen LogP contribution in [0.25, 0.3) is 21.9 Å². The molecule has 4 rings (SSSR count). The fraction of sp³-hybridized carbons (Fsp3) is 0.478. The monoisotopic (exact) mass is 384 g/mol. The summed E-state index contributed by atoms with van der Waals surface area (Å²) in [6.07, 6.45) is 2.41. The highest BCUT2D eigenvalue weighted by Crippen LogP contribution is 2.56. The molecule has 0 amide bonds. The smallest absolute Gasteiger partial charge is 0.387 e. The van der Waals surface area contributed by atoms with Gasteiger partial charge in [-0.05, 0) is 35.3 Å². The molecule has 1 fully saturated rings. The van der Waals surface area contributed by atoms with Crippen LogP contribution in [0.3, 0.4) is 0 Å². The maximum absolute atomic E-state index is 6.63. The molecule has 1 aromatic heterocycles. The fourth-order valence-electron chi connectivity index (χ4n) is 5.02. The van der Waals surface area contributed by atoms with Crippen LogP contribution in [0.1, 0.15) is 47.5 Å². The van der Waals surface area contributed by atoms with E-state index in [1.54, 1.807) is 0 Å². The summed E-state index contributed by atoms with van der Waals surface area (Å²) in [7, 11) is -1.52. The maximum Gasteiger partial charge on any atom is 0.387 e. The first-order valence-electron chi connectivity index (χ1n) is 9.84. The van der Waals surface area contributed by atoms with Crippen molar-refractivity contribution < 1.29 is 12.9 Å². The van der Waals surface area contributed by atoms with Crippen LogP contribution in [0, 0.1) is 16.7 Å². The number of hydrogen-bond acceptors (Lipinski definition) is 3. The van der Waals surface area contributed by atoms with Crippen LogP contribution in [0.5, 0.6) is 0 Å². The summed E-state index contributed by atoms with van der Waals surface area (Å²) in [4.78, 5) is 0. The largest absolute Gasteiger partial charge is 0.399 e. The Kier molecular flexibility index (Phi) is 4.64. The molecule has 1 aliphatic carbocycles. The van der Waals surface area contributed by atoms with Crippen LogP contribution in [0.15, 0.2) is 56.9 Å². The van der Waals surface area contributed by atoms with Gasteiger partial charge in [0.2, 0.25) is 0 Å². The minimum atomic E-state index is -1.52. The summed E-state index contributed by atoms with van der Waals surface area (Å²) in [6, 6.07) is 16.2. The van der Waals surface area contributed by atoms with Crippen molar-refractivity contribution in [2.75, 3.05) is 0 Å². The maximum atomic E-state index is 6.63. The summed E-state index contributed by atoms with van der Waals surface area (Å²) < 4.78 is 19.2. The molecular formula is C23H29O3P. The first-order chi connectivity index (χ1) is 12.8. The van der Waals surface area contributed by atoms with Crippen molar-refractivity contribution in [3.05, 3.63) is 48.5 Å². The Bertz CT molecular complexity index is 944. The normalized spacial score (nSPS) is 23.7. The predicted octanol–water partition coefficient (Wildman–Crippen LogP) is 7.57. The van der Waals surface area contributed by atoms with E-state index in [4.69, 9.17) is 12.9 Å². The van der Waals surface area contributed by atoms with Gasteiger partial charge in [-0.25, -0.2) is 0 Å². The second kappa shape index (κ2) is 6.72. The Labute approximate surface area is 162 Å².